The van der Waals surface area contributed by atoms with Crippen molar-refractivity contribution in [2.24, 2.45) is 0 Å². The number of rotatable bonds is 5. The molecule has 0 radical (unpaired) electrons. The molecule has 2 N–H and O–H groups in total. The van der Waals surface area contributed by atoms with Gasteiger partial charge in [-0.1, -0.05) is 17.3 Å². The molecule has 1 aromatic heterocycles. The summed E-state index contributed by atoms with van der Waals surface area (Å²) in [5.41, 5.74) is 1.72. The number of amides is 1. The van der Waals surface area contributed by atoms with Gasteiger partial charge in [-0.2, -0.15) is 0 Å². The van der Waals surface area contributed by atoms with Crippen LogP contribution in [-0.4, -0.2) is 43.5 Å². The second-order valence-corrected chi connectivity index (χ2v) is 7.58. The first-order valence-electron chi connectivity index (χ1n) is 6.88. The summed E-state index contributed by atoms with van der Waals surface area (Å²) in [5, 5.41) is 18.7. The van der Waals surface area contributed by atoms with E-state index in [2.05, 4.69) is 21.7 Å². The zero-order valence-corrected chi connectivity index (χ0v) is 13.6. The number of carbonyl (C=O) groups excluding carboxylic acids is 1. The van der Waals surface area contributed by atoms with Crippen LogP contribution in [0.4, 0.5) is 5.69 Å². The topological polar surface area (TPSA) is 97.1 Å². The molecule has 0 saturated carbocycles. The van der Waals surface area contributed by atoms with Crippen LogP contribution in [0.5, 0.6) is 0 Å². The highest BCUT2D eigenvalue weighted by atomic mass is 32.2. The molecule has 0 aliphatic carbocycles. The van der Waals surface area contributed by atoms with Crippen LogP contribution >= 0.6 is 23.5 Å². The number of thioether (sulfide) groups is 2. The summed E-state index contributed by atoms with van der Waals surface area (Å²) in [7, 11) is 0. The average molecular weight is 350 g/mol. The zero-order valence-electron chi connectivity index (χ0n) is 12.0. The van der Waals surface area contributed by atoms with Crippen LogP contribution in [0.3, 0.4) is 0 Å². The molecule has 3 rings (SSSR count). The summed E-state index contributed by atoms with van der Waals surface area (Å²) in [6.07, 6.45) is 1.23. The van der Waals surface area contributed by atoms with Crippen LogP contribution in [0.2, 0.25) is 0 Å². The second kappa shape index (κ2) is 7.05. The number of hydrogen-bond donors (Lipinski definition) is 2. The molecule has 1 aliphatic heterocycles. The molecule has 2 heterocycles. The summed E-state index contributed by atoms with van der Waals surface area (Å²) in [4.78, 5) is 22.8. The number of anilines is 1. The molecule has 1 aliphatic rings. The van der Waals surface area contributed by atoms with Crippen molar-refractivity contribution in [2.45, 2.75) is 11.1 Å². The highest BCUT2D eigenvalue weighted by Gasteiger charge is 2.18. The Kier molecular flexibility index (Phi) is 4.87. The maximum atomic E-state index is 12.0. The molecule has 0 spiro atoms. The van der Waals surface area contributed by atoms with E-state index in [9.17, 15) is 9.59 Å². The predicted octanol–water partition coefficient (Wildman–Crippen LogP) is 2.09. The van der Waals surface area contributed by atoms with Crippen molar-refractivity contribution in [1.29, 1.82) is 0 Å². The first-order valence-corrected chi connectivity index (χ1v) is 8.98. The molecule has 0 unspecified atom stereocenters. The van der Waals surface area contributed by atoms with Crippen LogP contribution in [-0.2, 0) is 11.3 Å². The Morgan fingerprint density at radius 3 is 2.83 bits per heavy atom. The van der Waals surface area contributed by atoms with Gasteiger partial charge >= 0.3 is 5.97 Å². The van der Waals surface area contributed by atoms with Crippen molar-refractivity contribution in [2.75, 3.05) is 16.8 Å². The van der Waals surface area contributed by atoms with Crippen LogP contribution < -0.4 is 5.32 Å². The third kappa shape index (κ3) is 4.05. The van der Waals surface area contributed by atoms with Crippen LogP contribution in [0.15, 0.2) is 30.5 Å². The van der Waals surface area contributed by atoms with Gasteiger partial charge < -0.3 is 10.4 Å². The SMILES string of the molecule is O=C(Cn1cc(C(=O)O)nn1)Nc1cccc(C2SCCS2)c1. The Hall–Kier alpha value is -2.00. The molecule has 0 atom stereocenters. The minimum absolute atomic E-state index is 0.0859. The van der Waals surface area contributed by atoms with Crippen molar-refractivity contribution in [3.8, 4) is 0 Å². The van der Waals surface area contributed by atoms with Gasteiger partial charge in [0.2, 0.25) is 5.91 Å². The fraction of sp³-hybridized carbons (Fsp3) is 0.286. The number of carboxylic acids is 1. The maximum Gasteiger partial charge on any atom is 0.358 e. The monoisotopic (exact) mass is 350 g/mol. The van der Waals surface area contributed by atoms with E-state index in [0.29, 0.717) is 4.58 Å². The Balaban J connectivity index is 1.62. The Morgan fingerprint density at radius 2 is 2.13 bits per heavy atom. The Labute approximate surface area is 140 Å². The smallest absolute Gasteiger partial charge is 0.358 e. The minimum Gasteiger partial charge on any atom is -0.476 e. The lowest BCUT2D eigenvalue weighted by molar-refractivity contribution is -0.116. The fourth-order valence-electron chi connectivity index (χ4n) is 2.14. The quantitative estimate of drug-likeness (QED) is 0.852. The van der Waals surface area contributed by atoms with Crippen molar-refractivity contribution in [3.63, 3.8) is 0 Å². The van der Waals surface area contributed by atoms with Crippen molar-refractivity contribution >= 4 is 41.1 Å². The van der Waals surface area contributed by atoms with Crippen LogP contribution in [0.25, 0.3) is 0 Å². The summed E-state index contributed by atoms with van der Waals surface area (Å²) in [6, 6.07) is 7.78. The van der Waals surface area contributed by atoms with Gasteiger partial charge in [-0.25, -0.2) is 9.48 Å². The van der Waals surface area contributed by atoms with Crippen LogP contribution in [0, 0.1) is 0 Å². The predicted molar refractivity (Wildman–Crippen MR) is 89.7 cm³/mol. The number of carbonyl (C=O) groups is 2. The number of nitrogens with one attached hydrogen (secondary N) is 1. The van der Waals surface area contributed by atoms with Gasteiger partial charge in [0.25, 0.3) is 0 Å². The van der Waals surface area contributed by atoms with E-state index in [0.717, 1.165) is 17.2 Å². The van der Waals surface area contributed by atoms with Gasteiger partial charge in [-0.05, 0) is 17.7 Å². The summed E-state index contributed by atoms with van der Waals surface area (Å²) >= 11 is 3.81. The number of hydrogen-bond acceptors (Lipinski definition) is 6. The minimum atomic E-state index is -1.17. The standard InChI is InChI=1S/C14H14N4O3S2/c19-12(8-18-7-11(13(20)21)16-17-18)15-10-3-1-2-9(6-10)14-22-4-5-23-14/h1-3,6-7,14H,4-5,8H2,(H,15,19)(H,20,21). The van der Waals surface area contributed by atoms with Crippen molar-refractivity contribution < 1.29 is 14.7 Å². The molecule has 23 heavy (non-hydrogen) atoms. The van der Waals surface area contributed by atoms with Gasteiger partial charge in [0, 0.05) is 17.2 Å². The van der Waals surface area contributed by atoms with Gasteiger partial charge in [-0.15, -0.1) is 28.6 Å². The fourth-order valence-corrected chi connectivity index (χ4v) is 4.97. The molecule has 1 aromatic carbocycles. The first kappa shape index (κ1) is 15.9. The number of benzene rings is 1. The molecule has 120 valence electrons. The largest absolute Gasteiger partial charge is 0.476 e. The summed E-state index contributed by atoms with van der Waals surface area (Å²) in [5.74, 6) is 0.834. The maximum absolute atomic E-state index is 12.0. The van der Waals surface area contributed by atoms with E-state index in [4.69, 9.17) is 5.11 Å². The molecular weight excluding hydrogens is 336 g/mol. The molecular formula is C14H14N4O3S2. The molecule has 1 amide bonds. The highest BCUT2D eigenvalue weighted by molar-refractivity contribution is 8.19. The lowest BCUT2D eigenvalue weighted by Crippen LogP contribution is -2.19. The molecule has 1 saturated heterocycles. The Bertz CT molecular complexity index is 728. The third-order valence-electron chi connectivity index (χ3n) is 3.13. The average Bonchev–Trinajstić information content (AvgIpc) is 3.18. The third-order valence-corrected chi connectivity index (χ3v) is 6.23. The number of carboxylic acid groups (broad SMARTS) is 1. The number of nitrogens with zero attached hydrogens (tertiary/aromatic N) is 3. The molecule has 0 bridgehead atoms. The number of aromatic carboxylic acids is 1. The van der Waals surface area contributed by atoms with E-state index in [1.165, 1.54) is 16.4 Å². The molecule has 7 nitrogen and oxygen atoms in total. The van der Waals surface area contributed by atoms with E-state index >= 15 is 0 Å². The van der Waals surface area contributed by atoms with Crippen molar-refractivity contribution in [3.05, 3.63) is 41.7 Å². The molecule has 1 fully saturated rings. The van der Waals surface area contributed by atoms with E-state index in [1.54, 1.807) is 0 Å². The second-order valence-electron chi connectivity index (χ2n) is 4.85. The normalized spacial score (nSPS) is 14.8. The van der Waals surface area contributed by atoms with Gasteiger partial charge in [0.1, 0.15) is 6.54 Å². The van der Waals surface area contributed by atoms with Gasteiger partial charge in [-0.3, -0.25) is 4.79 Å². The van der Waals surface area contributed by atoms with E-state index in [1.807, 2.05) is 41.7 Å². The van der Waals surface area contributed by atoms with Gasteiger partial charge in [0.15, 0.2) is 5.69 Å². The Morgan fingerprint density at radius 1 is 1.35 bits per heavy atom. The van der Waals surface area contributed by atoms with Crippen LogP contribution in [0.1, 0.15) is 20.6 Å². The number of aromatic nitrogens is 3. The molecule has 9 heteroatoms. The lowest BCUT2D eigenvalue weighted by Gasteiger charge is -2.11. The summed E-state index contributed by atoms with van der Waals surface area (Å²) < 4.78 is 1.62. The highest BCUT2D eigenvalue weighted by Crippen LogP contribution is 2.45. The van der Waals surface area contributed by atoms with Crippen molar-refractivity contribution in [1.82, 2.24) is 15.0 Å². The van der Waals surface area contributed by atoms with Gasteiger partial charge in [0.05, 0.1) is 10.8 Å². The van der Waals surface area contributed by atoms with E-state index < -0.39 is 5.97 Å². The zero-order chi connectivity index (χ0) is 16.2. The van der Waals surface area contributed by atoms with E-state index in [-0.39, 0.29) is 18.1 Å². The molecule has 2 aromatic rings. The lowest BCUT2D eigenvalue weighted by atomic mass is 10.2. The first-order chi connectivity index (χ1) is 11.1. The summed E-state index contributed by atoms with van der Waals surface area (Å²) in [6.45, 7) is -0.0859.